The van der Waals surface area contributed by atoms with Crippen molar-refractivity contribution in [1.29, 1.82) is 0 Å². The van der Waals surface area contributed by atoms with Crippen LogP contribution in [0.3, 0.4) is 0 Å². The third-order valence-electron chi connectivity index (χ3n) is 2.51. The Morgan fingerprint density at radius 2 is 1.95 bits per heavy atom. The van der Waals surface area contributed by atoms with Crippen LogP contribution in [-0.4, -0.2) is 6.21 Å². The lowest BCUT2D eigenvalue weighted by atomic mass is 10.2. The summed E-state index contributed by atoms with van der Waals surface area (Å²) < 4.78 is 12.9. The Kier molecular flexibility index (Phi) is 4.75. The molecule has 0 saturated heterocycles. The number of aryl methyl sites for hydroxylation is 1. The van der Waals surface area contributed by atoms with Gasteiger partial charge in [-0.25, -0.2) is 4.39 Å². The van der Waals surface area contributed by atoms with Gasteiger partial charge in [0.05, 0.1) is 16.9 Å². The molecule has 2 aromatic rings. The van der Waals surface area contributed by atoms with Crippen molar-refractivity contribution in [2.45, 2.75) is 6.92 Å². The van der Waals surface area contributed by atoms with Crippen molar-refractivity contribution in [3.63, 3.8) is 0 Å². The fraction of sp³-hybridized carbons (Fsp3) is 0.0625. The van der Waals surface area contributed by atoms with E-state index in [1.165, 1.54) is 23.9 Å². The van der Waals surface area contributed by atoms with Crippen LogP contribution < -0.4 is 5.43 Å². The molecule has 0 aliphatic heterocycles. The lowest BCUT2D eigenvalue weighted by Gasteiger charge is -1.99. The fourth-order valence-electron chi connectivity index (χ4n) is 1.46. The second-order valence-corrected chi connectivity index (χ2v) is 4.54. The van der Waals surface area contributed by atoms with Gasteiger partial charge in [-0.1, -0.05) is 35.2 Å². The molecular weight excluding hydrogens is 275 g/mol. The molecule has 100 valence electrons. The van der Waals surface area contributed by atoms with Gasteiger partial charge < -0.3 is 0 Å². The van der Waals surface area contributed by atoms with E-state index < -0.39 is 5.82 Å². The van der Waals surface area contributed by atoms with Gasteiger partial charge >= 0.3 is 0 Å². The topological polar surface area (TPSA) is 24.4 Å². The maximum Gasteiger partial charge on any atom is 0.141 e. The van der Waals surface area contributed by atoms with Crippen molar-refractivity contribution >= 4 is 23.5 Å². The lowest BCUT2D eigenvalue weighted by Crippen LogP contribution is -1.89. The van der Waals surface area contributed by atoms with Gasteiger partial charge in [-0.05, 0) is 43.2 Å². The summed E-state index contributed by atoms with van der Waals surface area (Å²) in [6, 6.07) is 12.2. The highest BCUT2D eigenvalue weighted by atomic mass is 35.5. The van der Waals surface area contributed by atoms with Crippen molar-refractivity contribution in [2.75, 3.05) is 5.43 Å². The van der Waals surface area contributed by atoms with E-state index in [4.69, 9.17) is 11.6 Å². The first-order valence-corrected chi connectivity index (χ1v) is 6.34. The van der Waals surface area contributed by atoms with Crippen LogP contribution in [0.2, 0.25) is 5.02 Å². The second-order valence-electron chi connectivity index (χ2n) is 4.13. The first kappa shape index (κ1) is 14.1. The first-order valence-electron chi connectivity index (χ1n) is 5.96. The van der Waals surface area contributed by atoms with Gasteiger partial charge in [0.2, 0.25) is 0 Å². The van der Waals surface area contributed by atoms with E-state index in [1.54, 1.807) is 6.07 Å². The molecule has 0 aromatic heterocycles. The van der Waals surface area contributed by atoms with Crippen molar-refractivity contribution in [3.05, 3.63) is 64.4 Å². The number of benzene rings is 2. The molecule has 0 spiro atoms. The molecule has 2 aromatic carbocycles. The Labute approximate surface area is 122 Å². The first-order chi connectivity index (χ1) is 9.65. The number of anilines is 1. The molecule has 0 heterocycles. The summed E-state index contributed by atoms with van der Waals surface area (Å²) in [5, 5.41) is 3.97. The van der Waals surface area contributed by atoms with Crippen molar-refractivity contribution in [2.24, 2.45) is 5.10 Å². The predicted molar refractivity (Wildman–Crippen MR) is 81.6 cm³/mol. The molecule has 0 atom stereocenters. The molecule has 0 radical (unpaired) electrons. The van der Waals surface area contributed by atoms with E-state index in [9.17, 15) is 4.39 Å². The van der Waals surface area contributed by atoms with E-state index in [0.29, 0.717) is 5.69 Å². The largest absolute Gasteiger partial charge is 0.278 e. The van der Waals surface area contributed by atoms with E-state index in [1.807, 2.05) is 31.2 Å². The number of nitrogens with zero attached hydrogens (tertiary/aromatic N) is 1. The molecule has 4 heteroatoms. The Morgan fingerprint density at radius 3 is 2.65 bits per heavy atom. The molecule has 0 fully saturated rings. The highest BCUT2D eigenvalue weighted by Crippen LogP contribution is 2.18. The molecule has 20 heavy (non-hydrogen) atoms. The zero-order valence-corrected chi connectivity index (χ0v) is 11.6. The summed E-state index contributed by atoms with van der Waals surface area (Å²) in [5.74, 6) is 5.30. The standard InChI is InChI=1S/C16H12ClFN2/c1-12-4-6-13(7-5-12)3-2-10-19-20-14-8-9-16(18)15(17)11-14/h4-11,20H,1H3/b19-10-. The fourth-order valence-corrected chi connectivity index (χ4v) is 1.64. The number of hydrogen-bond acceptors (Lipinski definition) is 2. The smallest absolute Gasteiger partial charge is 0.141 e. The summed E-state index contributed by atoms with van der Waals surface area (Å²) in [6.07, 6.45) is 1.44. The van der Waals surface area contributed by atoms with Crippen LogP contribution in [0, 0.1) is 24.6 Å². The minimum atomic E-state index is -0.458. The van der Waals surface area contributed by atoms with Crippen LogP contribution in [0.4, 0.5) is 10.1 Å². The molecule has 0 saturated carbocycles. The molecule has 0 aliphatic carbocycles. The summed E-state index contributed by atoms with van der Waals surface area (Å²) in [6.45, 7) is 2.02. The van der Waals surface area contributed by atoms with Crippen LogP contribution >= 0.6 is 11.6 Å². The molecule has 0 amide bonds. The molecular formula is C16H12ClFN2. The van der Waals surface area contributed by atoms with Gasteiger partial charge in [0, 0.05) is 5.56 Å². The third kappa shape index (κ3) is 4.11. The van der Waals surface area contributed by atoms with Crippen LogP contribution in [-0.2, 0) is 0 Å². The Hall–Kier alpha value is -2.31. The summed E-state index contributed by atoms with van der Waals surface area (Å²) in [7, 11) is 0. The van der Waals surface area contributed by atoms with Crippen LogP contribution in [0.15, 0.2) is 47.6 Å². The van der Waals surface area contributed by atoms with Crippen LogP contribution in [0.1, 0.15) is 11.1 Å². The minimum absolute atomic E-state index is 0.0518. The quantitative estimate of drug-likeness (QED) is 0.498. The van der Waals surface area contributed by atoms with Gasteiger partial charge in [0.15, 0.2) is 0 Å². The second kappa shape index (κ2) is 6.74. The summed E-state index contributed by atoms with van der Waals surface area (Å²) >= 11 is 5.65. The third-order valence-corrected chi connectivity index (χ3v) is 2.80. The number of rotatable bonds is 2. The lowest BCUT2D eigenvalue weighted by molar-refractivity contribution is 0.628. The molecule has 2 nitrogen and oxygen atoms in total. The molecule has 0 bridgehead atoms. The maximum absolute atomic E-state index is 12.9. The molecule has 0 aliphatic rings. The van der Waals surface area contributed by atoms with Crippen molar-refractivity contribution in [1.82, 2.24) is 0 Å². The predicted octanol–water partition coefficient (Wildman–Crippen LogP) is 4.24. The molecule has 0 unspecified atom stereocenters. The van der Waals surface area contributed by atoms with Crippen LogP contribution in [0.25, 0.3) is 0 Å². The van der Waals surface area contributed by atoms with E-state index in [-0.39, 0.29) is 5.02 Å². The summed E-state index contributed by atoms with van der Waals surface area (Å²) in [5.41, 5.74) is 5.44. The van der Waals surface area contributed by atoms with Gasteiger partial charge in [-0.3, -0.25) is 5.43 Å². The van der Waals surface area contributed by atoms with Crippen molar-refractivity contribution < 1.29 is 4.39 Å². The van der Waals surface area contributed by atoms with Gasteiger partial charge in [0.1, 0.15) is 5.82 Å². The summed E-state index contributed by atoms with van der Waals surface area (Å²) in [4.78, 5) is 0. The highest BCUT2D eigenvalue weighted by Gasteiger charge is 1.98. The average molecular weight is 287 g/mol. The van der Waals surface area contributed by atoms with E-state index in [2.05, 4.69) is 22.4 Å². The number of hydrogen-bond donors (Lipinski definition) is 1. The highest BCUT2D eigenvalue weighted by molar-refractivity contribution is 6.31. The Balaban J connectivity index is 1.94. The monoisotopic (exact) mass is 286 g/mol. The Morgan fingerprint density at radius 1 is 1.20 bits per heavy atom. The molecule has 2 rings (SSSR count). The minimum Gasteiger partial charge on any atom is -0.278 e. The Bertz CT molecular complexity index is 682. The number of halogens is 2. The maximum atomic E-state index is 12.9. The average Bonchev–Trinajstić information content (AvgIpc) is 2.44. The number of hydrazone groups is 1. The van der Waals surface area contributed by atoms with Gasteiger partial charge in [0.25, 0.3) is 0 Å². The van der Waals surface area contributed by atoms with Gasteiger partial charge in [-0.15, -0.1) is 0 Å². The van der Waals surface area contributed by atoms with Gasteiger partial charge in [-0.2, -0.15) is 5.10 Å². The SMILES string of the molecule is Cc1ccc(C#C/C=N\Nc2ccc(F)c(Cl)c2)cc1. The van der Waals surface area contributed by atoms with Crippen LogP contribution in [0.5, 0.6) is 0 Å². The van der Waals surface area contributed by atoms with Crippen molar-refractivity contribution in [3.8, 4) is 11.8 Å². The zero-order valence-electron chi connectivity index (χ0n) is 10.8. The van der Waals surface area contributed by atoms with E-state index in [0.717, 1.165) is 5.56 Å². The van der Waals surface area contributed by atoms with E-state index >= 15 is 0 Å². The molecule has 1 N–H and O–H groups in total. The normalized spacial score (nSPS) is 10.2. The zero-order chi connectivity index (χ0) is 14.4. The number of nitrogens with one attached hydrogen (secondary N) is 1.